The van der Waals surface area contributed by atoms with E-state index in [4.69, 9.17) is 11.6 Å². The third-order valence-electron chi connectivity index (χ3n) is 1.40. The van der Waals surface area contributed by atoms with Crippen LogP contribution in [0.4, 0.5) is 5.69 Å². The molecule has 0 bridgehead atoms. The highest BCUT2D eigenvalue weighted by Crippen LogP contribution is 2.21. The average Bonchev–Trinajstić information content (AvgIpc) is 2.17. The van der Waals surface area contributed by atoms with Crippen LogP contribution in [0.2, 0.25) is 5.02 Å². The maximum Gasteiger partial charge on any atom is 0.130 e. The van der Waals surface area contributed by atoms with Crippen LogP contribution in [0.15, 0.2) is 29.3 Å². The first-order valence-corrected chi connectivity index (χ1v) is 6.51. The molecule has 1 aromatic rings. The van der Waals surface area contributed by atoms with Gasteiger partial charge in [-0.05, 0) is 36.8 Å². The van der Waals surface area contributed by atoms with Crippen LogP contribution in [-0.2, 0) is 0 Å². The summed E-state index contributed by atoms with van der Waals surface area (Å²) in [7, 11) is 0. The number of hydrogen-bond acceptors (Lipinski definition) is 3. The standard InChI is InChI=1S/C9H10ClNS2/c1-12-9(13-2)11-8-5-3-7(10)4-6-8/h3-6H,1-2H3. The van der Waals surface area contributed by atoms with E-state index in [1.165, 1.54) is 0 Å². The van der Waals surface area contributed by atoms with Crippen LogP contribution in [0.3, 0.4) is 0 Å². The van der Waals surface area contributed by atoms with Crippen molar-refractivity contribution in [3.63, 3.8) is 0 Å². The highest BCUT2D eigenvalue weighted by atomic mass is 35.5. The number of aliphatic imine (C=N–C) groups is 1. The predicted molar refractivity (Wildman–Crippen MR) is 65.6 cm³/mol. The minimum atomic E-state index is 0.744. The Kier molecular flexibility index (Phi) is 4.70. The summed E-state index contributed by atoms with van der Waals surface area (Å²) >= 11 is 9.05. The van der Waals surface area contributed by atoms with E-state index in [9.17, 15) is 0 Å². The lowest BCUT2D eigenvalue weighted by Crippen LogP contribution is -1.79. The number of benzene rings is 1. The molecule has 0 amide bonds. The third kappa shape index (κ3) is 3.63. The second-order valence-electron chi connectivity index (χ2n) is 2.26. The van der Waals surface area contributed by atoms with E-state index in [2.05, 4.69) is 4.99 Å². The Balaban J connectivity index is 2.84. The molecule has 0 aliphatic rings. The number of thioether (sulfide) groups is 2. The van der Waals surface area contributed by atoms with Crippen molar-refractivity contribution in [1.82, 2.24) is 0 Å². The number of rotatable bonds is 1. The molecule has 13 heavy (non-hydrogen) atoms. The van der Waals surface area contributed by atoms with Gasteiger partial charge in [-0.25, -0.2) is 4.99 Å². The molecule has 70 valence electrons. The molecule has 0 spiro atoms. The molecule has 0 heterocycles. The smallest absolute Gasteiger partial charge is 0.130 e. The largest absolute Gasteiger partial charge is 0.235 e. The van der Waals surface area contributed by atoms with Crippen LogP contribution >= 0.6 is 35.1 Å². The molecule has 0 unspecified atom stereocenters. The normalized spacial score (nSPS) is 9.77. The van der Waals surface area contributed by atoms with Gasteiger partial charge in [-0.2, -0.15) is 0 Å². The molecule has 0 N–H and O–H groups in total. The first kappa shape index (κ1) is 11.0. The third-order valence-corrected chi connectivity index (χ3v) is 3.53. The molecule has 0 aliphatic heterocycles. The Morgan fingerprint density at radius 1 is 1.15 bits per heavy atom. The first-order chi connectivity index (χ1) is 6.26. The van der Waals surface area contributed by atoms with Gasteiger partial charge in [0.25, 0.3) is 0 Å². The zero-order chi connectivity index (χ0) is 9.68. The lowest BCUT2D eigenvalue weighted by atomic mass is 10.3. The highest BCUT2D eigenvalue weighted by Gasteiger charge is 1.94. The summed E-state index contributed by atoms with van der Waals surface area (Å²) in [6, 6.07) is 7.51. The molecule has 0 saturated heterocycles. The van der Waals surface area contributed by atoms with E-state index in [-0.39, 0.29) is 0 Å². The van der Waals surface area contributed by atoms with Gasteiger partial charge < -0.3 is 0 Å². The van der Waals surface area contributed by atoms with Gasteiger partial charge in [-0.3, -0.25) is 0 Å². The van der Waals surface area contributed by atoms with Crippen molar-refractivity contribution >= 4 is 45.2 Å². The van der Waals surface area contributed by atoms with E-state index >= 15 is 0 Å². The second kappa shape index (κ2) is 5.58. The summed E-state index contributed by atoms with van der Waals surface area (Å²) in [4.78, 5) is 4.42. The van der Waals surface area contributed by atoms with Gasteiger partial charge in [-0.1, -0.05) is 11.6 Å². The van der Waals surface area contributed by atoms with Gasteiger partial charge in [0.1, 0.15) is 4.38 Å². The molecular weight excluding hydrogens is 222 g/mol. The molecule has 1 nitrogen and oxygen atoms in total. The fraction of sp³-hybridized carbons (Fsp3) is 0.222. The molecule has 0 saturated carbocycles. The van der Waals surface area contributed by atoms with Gasteiger partial charge in [-0.15, -0.1) is 23.5 Å². The van der Waals surface area contributed by atoms with Gasteiger partial charge in [0.2, 0.25) is 0 Å². The molecule has 1 aromatic carbocycles. The molecule has 4 heteroatoms. The summed E-state index contributed by atoms with van der Waals surface area (Å²) in [5, 5.41) is 0.744. The summed E-state index contributed by atoms with van der Waals surface area (Å²) in [5.41, 5.74) is 0.947. The van der Waals surface area contributed by atoms with Crippen molar-refractivity contribution in [3.8, 4) is 0 Å². The van der Waals surface area contributed by atoms with Crippen LogP contribution in [0.1, 0.15) is 0 Å². The summed E-state index contributed by atoms with van der Waals surface area (Å²) < 4.78 is 1.06. The van der Waals surface area contributed by atoms with Gasteiger partial charge in [0.05, 0.1) is 5.69 Å². The van der Waals surface area contributed by atoms with Crippen LogP contribution in [0.25, 0.3) is 0 Å². The van der Waals surface area contributed by atoms with E-state index in [0.717, 1.165) is 15.1 Å². The molecule has 0 aliphatic carbocycles. The van der Waals surface area contributed by atoms with E-state index in [1.807, 2.05) is 36.8 Å². The highest BCUT2D eigenvalue weighted by molar-refractivity contribution is 8.38. The van der Waals surface area contributed by atoms with Crippen molar-refractivity contribution in [1.29, 1.82) is 0 Å². The lowest BCUT2D eigenvalue weighted by molar-refractivity contribution is 1.55. The van der Waals surface area contributed by atoms with Crippen LogP contribution in [0, 0.1) is 0 Å². The SMILES string of the molecule is CSC(=Nc1ccc(Cl)cc1)SC. The Bertz CT molecular complexity index is 289. The van der Waals surface area contributed by atoms with Gasteiger partial charge in [0.15, 0.2) is 0 Å². The van der Waals surface area contributed by atoms with Gasteiger partial charge >= 0.3 is 0 Å². The van der Waals surface area contributed by atoms with Crippen molar-refractivity contribution in [2.45, 2.75) is 0 Å². The Morgan fingerprint density at radius 3 is 2.15 bits per heavy atom. The second-order valence-corrected chi connectivity index (χ2v) is 4.55. The maximum absolute atomic E-state index is 5.76. The molecule has 0 radical (unpaired) electrons. The quantitative estimate of drug-likeness (QED) is 0.534. The van der Waals surface area contributed by atoms with Crippen LogP contribution < -0.4 is 0 Å². The monoisotopic (exact) mass is 231 g/mol. The van der Waals surface area contributed by atoms with Crippen molar-refractivity contribution < 1.29 is 0 Å². The van der Waals surface area contributed by atoms with E-state index in [1.54, 1.807) is 23.5 Å². The summed E-state index contributed by atoms with van der Waals surface area (Å²) in [6.45, 7) is 0. The number of halogens is 1. The van der Waals surface area contributed by atoms with E-state index < -0.39 is 0 Å². The molecule has 0 atom stereocenters. The first-order valence-electron chi connectivity index (χ1n) is 3.68. The molecular formula is C9H10ClNS2. The van der Waals surface area contributed by atoms with Crippen LogP contribution in [-0.4, -0.2) is 16.9 Å². The Hall–Kier alpha value is -0.120. The summed E-state index contributed by atoms with van der Waals surface area (Å²) in [6.07, 6.45) is 4.04. The molecule has 1 rings (SSSR count). The summed E-state index contributed by atoms with van der Waals surface area (Å²) in [5.74, 6) is 0. The van der Waals surface area contributed by atoms with E-state index in [0.29, 0.717) is 0 Å². The topological polar surface area (TPSA) is 12.4 Å². The maximum atomic E-state index is 5.76. The Labute approximate surface area is 92.0 Å². The zero-order valence-corrected chi connectivity index (χ0v) is 9.84. The predicted octanol–water partition coefficient (Wildman–Crippen LogP) is 4.05. The average molecular weight is 232 g/mol. The van der Waals surface area contributed by atoms with Crippen molar-refractivity contribution in [2.24, 2.45) is 4.99 Å². The lowest BCUT2D eigenvalue weighted by Gasteiger charge is -1.98. The minimum absolute atomic E-state index is 0.744. The number of hydrogen-bond donors (Lipinski definition) is 0. The fourth-order valence-electron chi connectivity index (χ4n) is 0.796. The minimum Gasteiger partial charge on any atom is -0.235 e. The van der Waals surface area contributed by atoms with Crippen molar-refractivity contribution in [3.05, 3.63) is 29.3 Å². The van der Waals surface area contributed by atoms with Gasteiger partial charge in [0, 0.05) is 5.02 Å². The molecule has 0 aromatic heterocycles. The number of nitrogens with zero attached hydrogens (tertiary/aromatic N) is 1. The van der Waals surface area contributed by atoms with Crippen molar-refractivity contribution in [2.75, 3.05) is 12.5 Å². The zero-order valence-electron chi connectivity index (χ0n) is 7.45. The Morgan fingerprint density at radius 2 is 1.69 bits per heavy atom. The molecule has 0 fully saturated rings. The van der Waals surface area contributed by atoms with Crippen LogP contribution in [0.5, 0.6) is 0 Å². The fourth-order valence-corrected chi connectivity index (χ4v) is 1.98.